The van der Waals surface area contributed by atoms with Gasteiger partial charge in [0.2, 0.25) is 0 Å². The molecule has 0 saturated carbocycles. The minimum Gasteiger partial charge on any atom is -0.365 e. The Labute approximate surface area is 180 Å². The summed E-state index contributed by atoms with van der Waals surface area (Å²) in [5, 5.41) is 11.1. The van der Waals surface area contributed by atoms with Crippen LogP contribution in [0.1, 0.15) is 22.0 Å². The molecule has 1 aliphatic rings. The van der Waals surface area contributed by atoms with Crippen LogP contribution in [-0.2, 0) is 0 Å². The predicted molar refractivity (Wildman–Crippen MR) is 121 cm³/mol. The highest BCUT2D eigenvalue weighted by molar-refractivity contribution is 7.80. The molecule has 0 unspecified atom stereocenters. The summed E-state index contributed by atoms with van der Waals surface area (Å²) >= 11 is 11.5. The van der Waals surface area contributed by atoms with Crippen LogP contribution in [0.15, 0.2) is 84.9 Å². The van der Waals surface area contributed by atoms with Crippen LogP contribution < -0.4 is 16.0 Å². The fourth-order valence-corrected chi connectivity index (χ4v) is 3.97. The lowest BCUT2D eigenvalue weighted by Crippen LogP contribution is -2.61. The average Bonchev–Trinajstić information content (AvgIpc) is 2.75. The second-order valence-corrected chi connectivity index (χ2v) is 7.74. The molecular weight excluding hydrogens is 402 g/mol. The van der Waals surface area contributed by atoms with Crippen molar-refractivity contribution in [1.29, 1.82) is 0 Å². The van der Waals surface area contributed by atoms with E-state index in [1.54, 1.807) is 0 Å². The van der Waals surface area contributed by atoms with Crippen LogP contribution in [0.4, 0.5) is 5.69 Å². The molecule has 29 heavy (non-hydrogen) atoms. The van der Waals surface area contributed by atoms with Gasteiger partial charge in [-0.15, -0.1) is 0 Å². The first kappa shape index (κ1) is 19.4. The molecule has 3 N–H and O–H groups in total. The number of benzene rings is 3. The van der Waals surface area contributed by atoms with Crippen LogP contribution >= 0.6 is 23.8 Å². The second-order valence-electron chi connectivity index (χ2n) is 6.89. The molecule has 1 heterocycles. The van der Waals surface area contributed by atoms with Crippen LogP contribution in [0.25, 0.3) is 0 Å². The summed E-state index contributed by atoms with van der Waals surface area (Å²) in [6.45, 7) is 0. The fourth-order valence-electron chi connectivity index (χ4n) is 3.59. The number of para-hydroxylation sites is 1. The van der Waals surface area contributed by atoms with Crippen molar-refractivity contribution in [2.75, 3.05) is 5.32 Å². The van der Waals surface area contributed by atoms with Crippen LogP contribution in [0.3, 0.4) is 0 Å². The van der Waals surface area contributed by atoms with Gasteiger partial charge in [0.1, 0.15) is 6.17 Å². The van der Waals surface area contributed by atoms with Crippen LogP contribution in [0.5, 0.6) is 0 Å². The molecule has 3 aromatic rings. The number of hydrogen-bond donors (Lipinski definition) is 3. The number of Topliss-reactive ketones (excluding diaryl/α,β-unsaturated/α-hetero) is 1. The molecule has 1 fully saturated rings. The van der Waals surface area contributed by atoms with Gasteiger partial charge in [0, 0.05) is 16.3 Å². The van der Waals surface area contributed by atoms with Gasteiger partial charge in [-0.2, -0.15) is 0 Å². The first-order chi connectivity index (χ1) is 14.1. The largest absolute Gasteiger partial charge is 0.365 e. The molecule has 3 atom stereocenters. The molecule has 1 saturated heterocycles. The summed E-state index contributed by atoms with van der Waals surface area (Å²) in [6.07, 6.45) is -0.375. The lowest BCUT2D eigenvalue weighted by molar-refractivity contribution is 0.0862. The predicted octanol–water partition coefficient (Wildman–Crippen LogP) is 4.80. The lowest BCUT2D eigenvalue weighted by atomic mass is 9.83. The van der Waals surface area contributed by atoms with Crippen LogP contribution in [0.2, 0.25) is 5.02 Å². The summed E-state index contributed by atoms with van der Waals surface area (Å²) in [5.74, 6) is -0.410. The van der Waals surface area contributed by atoms with Crippen molar-refractivity contribution >= 4 is 40.4 Å². The summed E-state index contributed by atoms with van der Waals surface area (Å²) in [7, 11) is 0. The maximum absolute atomic E-state index is 13.6. The number of carbonyl (C=O) groups excluding carboxylic acids is 1. The molecule has 0 aliphatic carbocycles. The zero-order valence-corrected chi connectivity index (χ0v) is 17.1. The van der Waals surface area contributed by atoms with Gasteiger partial charge in [0.25, 0.3) is 0 Å². The van der Waals surface area contributed by atoms with E-state index in [1.807, 2.05) is 84.9 Å². The monoisotopic (exact) mass is 421 g/mol. The van der Waals surface area contributed by atoms with Gasteiger partial charge in [0.15, 0.2) is 10.9 Å². The van der Waals surface area contributed by atoms with Gasteiger partial charge in [-0.05, 0) is 42.0 Å². The maximum atomic E-state index is 13.6. The van der Waals surface area contributed by atoms with Crippen molar-refractivity contribution in [3.05, 3.63) is 101 Å². The molecule has 0 radical (unpaired) electrons. The third kappa shape index (κ3) is 4.42. The van der Waals surface area contributed by atoms with Gasteiger partial charge < -0.3 is 16.0 Å². The van der Waals surface area contributed by atoms with E-state index in [-0.39, 0.29) is 18.0 Å². The molecule has 3 aromatic carbocycles. The standard InChI is InChI=1S/C23H20ClN3OS/c24-17-13-11-15(12-14-17)20-19(21(28)16-7-3-1-4-8-16)22(27-23(29)26-20)25-18-9-5-2-6-10-18/h1-14,19-20,22,25H,(H2,26,27,29)/t19-,20-,22-/m0/s1. The summed E-state index contributed by atoms with van der Waals surface area (Å²) in [6, 6.07) is 26.3. The molecule has 0 spiro atoms. The molecule has 4 nitrogen and oxygen atoms in total. The van der Waals surface area contributed by atoms with Crippen LogP contribution in [-0.4, -0.2) is 17.1 Å². The topological polar surface area (TPSA) is 53.2 Å². The van der Waals surface area contributed by atoms with E-state index in [4.69, 9.17) is 23.8 Å². The zero-order chi connectivity index (χ0) is 20.2. The van der Waals surface area contributed by atoms with Crippen molar-refractivity contribution in [3.63, 3.8) is 0 Å². The molecule has 4 rings (SSSR count). The molecular formula is C23H20ClN3OS. The second kappa shape index (κ2) is 8.64. The average molecular weight is 422 g/mol. The highest BCUT2D eigenvalue weighted by Gasteiger charge is 2.41. The Morgan fingerprint density at radius 1 is 0.862 bits per heavy atom. The van der Waals surface area contributed by atoms with Crippen molar-refractivity contribution < 1.29 is 4.79 Å². The number of thiocarbonyl (C=S) groups is 1. The number of halogens is 1. The summed E-state index contributed by atoms with van der Waals surface area (Å²) in [4.78, 5) is 13.6. The Morgan fingerprint density at radius 2 is 1.48 bits per heavy atom. The van der Waals surface area contributed by atoms with Crippen molar-refractivity contribution in [3.8, 4) is 0 Å². The van der Waals surface area contributed by atoms with Crippen molar-refractivity contribution in [2.45, 2.75) is 12.2 Å². The highest BCUT2D eigenvalue weighted by Crippen LogP contribution is 2.32. The number of ketones is 1. The Morgan fingerprint density at radius 3 is 2.14 bits per heavy atom. The first-order valence-electron chi connectivity index (χ1n) is 9.35. The van der Waals surface area contributed by atoms with Gasteiger partial charge in [-0.3, -0.25) is 4.79 Å². The third-order valence-electron chi connectivity index (χ3n) is 4.98. The Balaban J connectivity index is 1.74. The van der Waals surface area contributed by atoms with E-state index in [9.17, 15) is 4.79 Å². The van der Waals surface area contributed by atoms with Gasteiger partial charge >= 0.3 is 0 Å². The van der Waals surface area contributed by atoms with E-state index in [0.29, 0.717) is 15.7 Å². The Hall–Kier alpha value is -2.89. The van der Waals surface area contributed by atoms with E-state index < -0.39 is 5.92 Å². The SMILES string of the molecule is O=C(c1ccccc1)[C@H]1[C@@H](Nc2ccccc2)NC(=S)N[C@H]1c1ccc(Cl)cc1. The van der Waals surface area contributed by atoms with E-state index in [2.05, 4.69) is 16.0 Å². The maximum Gasteiger partial charge on any atom is 0.172 e. The number of anilines is 1. The van der Waals surface area contributed by atoms with Crippen LogP contribution in [0, 0.1) is 5.92 Å². The summed E-state index contributed by atoms with van der Waals surface area (Å²) in [5.41, 5.74) is 2.52. The van der Waals surface area contributed by atoms with E-state index in [1.165, 1.54) is 0 Å². The number of carbonyl (C=O) groups is 1. The quantitative estimate of drug-likeness (QED) is 0.408. The zero-order valence-electron chi connectivity index (χ0n) is 15.5. The Kier molecular flexibility index (Phi) is 5.79. The number of nitrogens with one attached hydrogen (secondary N) is 3. The van der Waals surface area contributed by atoms with E-state index >= 15 is 0 Å². The molecule has 0 aromatic heterocycles. The van der Waals surface area contributed by atoms with Crippen molar-refractivity contribution in [2.24, 2.45) is 5.92 Å². The number of rotatable bonds is 5. The molecule has 0 amide bonds. The number of hydrogen-bond acceptors (Lipinski definition) is 3. The smallest absolute Gasteiger partial charge is 0.172 e. The minimum absolute atomic E-state index is 0.0291. The third-order valence-corrected chi connectivity index (χ3v) is 5.47. The normalized spacial score (nSPS) is 21.0. The van der Waals surface area contributed by atoms with Gasteiger partial charge in [0.05, 0.1) is 12.0 Å². The lowest BCUT2D eigenvalue weighted by Gasteiger charge is -2.41. The molecule has 146 valence electrons. The fraction of sp³-hybridized carbons (Fsp3) is 0.130. The summed E-state index contributed by atoms with van der Waals surface area (Å²) < 4.78 is 0. The van der Waals surface area contributed by atoms with E-state index in [0.717, 1.165) is 11.3 Å². The first-order valence-corrected chi connectivity index (χ1v) is 10.1. The highest BCUT2D eigenvalue weighted by atomic mass is 35.5. The van der Waals surface area contributed by atoms with Gasteiger partial charge in [-0.25, -0.2) is 0 Å². The molecule has 0 bridgehead atoms. The van der Waals surface area contributed by atoms with Gasteiger partial charge in [-0.1, -0.05) is 72.3 Å². The van der Waals surface area contributed by atoms with Crippen molar-refractivity contribution in [1.82, 2.24) is 10.6 Å². The molecule has 1 aliphatic heterocycles. The minimum atomic E-state index is -0.439. The molecule has 6 heteroatoms. The Bertz CT molecular complexity index is 996.